The molecule has 0 spiro atoms. The summed E-state index contributed by atoms with van der Waals surface area (Å²) in [6.07, 6.45) is 2.32. The van der Waals surface area contributed by atoms with Gasteiger partial charge >= 0.3 is 6.03 Å². The van der Waals surface area contributed by atoms with E-state index >= 15 is 0 Å². The largest absolute Gasteiger partial charge is 0.387 e. The number of nitrogens with one attached hydrogen (secondary N) is 2. The zero-order chi connectivity index (χ0) is 19.2. The van der Waals surface area contributed by atoms with Gasteiger partial charge in [0.2, 0.25) is 0 Å². The van der Waals surface area contributed by atoms with Crippen molar-refractivity contribution in [1.82, 2.24) is 15.1 Å². The van der Waals surface area contributed by atoms with Gasteiger partial charge in [0.15, 0.2) is 11.6 Å². The second-order valence-corrected chi connectivity index (χ2v) is 5.89. The van der Waals surface area contributed by atoms with Crippen LogP contribution in [0.4, 0.5) is 19.3 Å². The van der Waals surface area contributed by atoms with Crippen molar-refractivity contribution in [2.24, 2.45) is 0 Å². The number of carbonyl (C=O) groups excluding carboxylic acids is 1. The number of benzene rings is 2. The fourth-order valence-corrected chi connectivity index (χ4v) is 2.54. The number of aliphatic hydroxyl groups excluding tert-OH is 1. The molecule has 1 heterocycles. The first-order chi connectivity index (χ1) is 13.0. The third kappa shape index (κ3) is 4.89. The minimum absolute atomic E-state index is 0.155. The molecule has 1 atom stereocenters. The maximum Gasteiger partial charge on any atom is 0.319 e. The van der Waals surface area contributed by atoms with Crippen LogP contribution in [0.15, 0.2) is 60.9 Å². The van der Waals surface area contributed by atoms with E-state index in [0.29, 0.717) is 12.2 Å². The lowest BCUT2D eigenvalue weighted by atomic mass is 10.1. The van der Waals surface area contributed by atoms with E-state index in [4.69, 9.17) is 0 Å². The van der Waals surface area contributed by atoms with Crippen molar-refractivity contribution in [3.63, 3.8) is 0 Å². The Balaban J connectivity index is 1.58. The van der Waals surface area contributed by atoms with Gasteiger partial charge in [-0.2, -0.15) is 5.10 Å². The Morgan fingerprint density at radius 1 is 1.15 bits per heavy atom. The number of halogens is 2. The molecule has 8 heteroatoms. The first-order valence-electron chi connectivity index (χ1n) is 8.26. The summed E-state index contributed by atoms with van der Waals surface area (Å²) >= 11 is 0. The zero-order valence-corrected chi connectivity index (χ0v) is 14.3. The second-order valence-electron chi connectivity index (χ2n) is 5.89. The number of aliphatic hydroxyl groups is 1. The van der Waals surface area contributed by atoms with Gasteiger partial charge in [0.05, 0.1) is 12.6 Å². The Hall–Kier alpha value is -3.26. The summed E-state index contributed by atoms with van der Waals surface area (Å²) < 4.78 is 27.9. The zero-order valence-electron chi connectivity index (χ0n) is 14.3. The average Bonchev–Trinajstić information content (AvgIpc) is 3.17. The van der Waals surface area contributed by atoms with Crippen LogP contribution in [0.1, 0.15) is 17.2 Å². The van der Waals surface area contributed by atoms with E-state index in [1.54, 1.807) is 23.0 Å². The van der Waals surface area contributed by atoms with Crippen molar-refractivity contribution < 1.29 is 18.7 Å². The van der Waals surface area contributed by atoms with Gasteiger partial charge in [-0.15, -0.1) is 0 Å². The highest BCUT2D eigenvalue weighted by Gasteiger charge is 2.13. The smallest absolute Gasteiger partial charge is 0.319 e. The maximum absolute atomic E-state index is 13.2. The van der Waals surface area contributed by atoms with Gasteiger partial charge in [-0.05, 0) is 35.4 Å². The molecular weight excluding hydrogens is 354 g/mol. The molecule has 3 rings (SSSR count). The summed E-state index contributed by atoms with van der Waals surface area (Å²) in [7, 11) is 0. The van der Waals surface area contributed by atoms with E-state index in [1.165, 1.54) is 6.07 Å². The van der Waals surface area contributed by atoms with Gasteiger partial charge in [0.25, 0.3) is 0 Å². The number of amides is 2. The van der Waals surface area contributed by atoms with Crippen molar-refractivity contribution in [3.05, 3.63) is 83.7 Å². The van der Waals surface area contributed by atoms with E-state index in [2.05, 4.69) is 15.7 Å². The molecule has 1 aromatic heterocycles. The third-order valence-electron chi connectivity index (χ3n) is 3.94. The van der Waals surface area contributed by atoms with E-state index < -0.39 is 23.8 Å². The van der Waals surface area contributed by atoms with Crippen LogP contribution in [0.3, 0.4) is 0 Å². The molecule has 2 amide bonds. The second kappa shape index (κ2) is 8.41. The Morgan fingerprint density at radius 2 is 1.96 bits per heavy atom. The van der Waals surface area contributed by atoms with Crippen LogP contribution in [0, 0.1) is 11.6 Å². The fraction of sp³-hybridized carbons (Fsp3) is 0.158. The molecule has 0 saturated heterocycles. The summed E-state index contributed by atoms with van der Waals surface area (Å²) in [6.45, 7) is 0.333. The van der Waals surface area contributed by atoms with E-state index in [0.717, 1.165) is 17.7 Å². The summed E-state index contributed by atoms with van der Waals surface area (Å²) in [5, 5.41) is 19.4. The molecule has 0 bridgehead atoms. The number of hydrogen-bond donors (Lipinski definition) is 3. The van der Waals surface area contributed by atoms with Gasteiger partial charge in [0, 0.05) is 24.6 Å². The molecule has 3 aromatic rings. The van der Waals surface area contributed by atoms with Gasteiger partial charge in [-0.25, -0.2) is 13.6 Å². The molecule has 6 nitrogen and oxygen atoms in total. The average molecular weight is 372 g/mol. The lowest BCUT2D eigenvalue weighted by Crippen LogP contribution is -2.32. The summed E-state index contributed by atoms with van der Waals surface area (Å²) in [5.74, 6) is -2.05. The Labute approximate surface area is 154 Å². The summed E-state index contributed by atoms with van der Waals surface area (Å²) in [5.41, 5.74) is 1.64. The van der Waals surface area contributed by atoms with Gasteiger partial charge in [-0.3, -0.25) is 4.68 Å². The minimum atomic E-state index is -1.16. The fourth-order valence-electron chi connectivity index (χ4n) is 2.54. The van der Waals surface area contributed by atoms with Crippen LogP contribution in [0.2, 0.25) is 0 Å². The SMILES string of the molecule is O=C(NCC(O)c1ccc(F)c(F)c1)Nc1ccccc1Cn1cccn1. The molecule has 0 fully saturated rings. The van der Waals surface area contributed by atoms with Crippen LogP contribution in [0.25, 0.3) is 0 Å². The number of rotatable bonds is 6. The molecule has 3 N–H and O–H groups in total. The topological polar surface area (TPSA) is 79.2 Å². The number of hydrogen-bond acceptors (Lipinski definition) is 3. The first kappa shape index (κ1) is 18.5. The molecule has 2 aromatic carbocycles. The van der Waals surface area contributed by atoms with E-state index in [9.17, 15) is 18.7 Å². The van der Waals surface area contributed by atoms with Crippen molar-refractivity contribution in [2.75, 3.05) is 11.9 Å². The number of anilines is 1. The van der Waals surface area contributed by atoms with Crippen molar-refractivity contribution in [3.8, 4) is 0 Å². The molecule has 1 unspecified atom stereocenters. The molecule has 0 aliphatic heterocycles. The molecule has 140 valence electrons. The number of aromatic nitrogens is 2. The van der Waals surface area contributed by atoms with Crippen LogP contribution < -0.4 is 10.6 Å². The molecule has 0 aliphatic carbocycles. The highest BCUT2D eigenvalue weighted by Crippen LogP contribution is 2.17. The molecule has 0 saturated carbocycles. The predicted molar refractivity (Wildman–Crippen MR) is 96.1 cm³/mol. The minimum Gasteiger partial charge on any atom is -0.387 e. The third-order valence-corrected chi connectivity index (χ3v) is 3.94. The highest BCUT2D eigenvalue weighted by atomic mass is 19.2. The van der Waals surface area contributed by atoms with Crippen LogP contribution in [0.5, 0.6) is 0 Å². The number of urea groups is 1. The Kier molecular flexibility index (Phi) is 5.77. The van der Waals surface area contributed by atoms with Gasteiger partial charge in [-0.1, -0.05) is 24.3 Å². The molecule has 27 heavy (non-hydrogen) atoms. The van der Waals surface area contributed by atoms with E-state index in [-0.39, 0.29) is 12.1 Å². The van der Waals surface area contributed by atoms with Crippen LogP contribution >= 0.6 is 0 Å². The summed E-state index contributed by atoms with van der Waals surface area (Å²) in [6, 6.07) is 11.7. The monoisotopic (exact) mass is 372 g/mol. The van der Waals surface area contributed by atoms with Gasteiger partial charge < -0.3 is 15.7 Å². The predicted octanol–water partition coefficient (Wildman–Crippen LogP) is 3.06. The van der Waals surface area contributed by atoms with E-state index in [1.807, 2.05) is 24.4 Å². The Morgan fingerprint density at radius 3 is 2.70 bits per heavy atom. The molecular formula is C19H18F2N4O2. The molecule has 0 radical (unpaired) electrons. The summed E-state index contributed by atoms with van der Waals surface area (Å²) in [4.78, 5) is 12.1. The quantitative estimate of drug-likeness (QED) is 0.622. The highest BCUT2D eigenvalue weighted by molar-refractivity contribution is 5.90. The van der Waals surface area contributed by atoms with Gasteiger partial charge in [0.1, 0.15) is 0 Å². The van der Waals surface area contributed by atoms with Crippen LogP contribution in [-0.2, 0) is 6.54 Å². The molecule has 0 aliphatic rings. The normalized spacial score (nSPS) is 11.8. The first-order valence-corrected chi connectivity index (χ1v) is 8.26. The number of carbonyl (C=O) groups is 1. The maximum atomic E-state index is 13.2. The lowest BCUT2D eigenvalue weighted by Gasteiger charge is -2.15. The van der Waals surface area contributed by atoms with Crippen molar-refractivity contribution >= 4 is 11.7 Å². The standard InChI is InChI=1S/C19H18F2N4O2/c20-15-7-6-13(10-16(15)21)18(26)11-22-19(27)24-17-5-2-1-4-14(17)12-25-9-3-8-23-25/h1-10,18,26H,11-12H2,(H2,22,24,27). The Bertz CT molecular complexity index is 916. The van der Waals surface area contributed by atoms with Crippen molar-refractivity contribution in [2.45, 2.75) is 12.6 Å². The van der Waals surface area contributed by atoms with Crippen molar-refractivity contribution in [1.29, 1.82) is 0 Å². The number of nitrogens with zero attached hydrogens (tertiary/aromatic N) is 2. The number of para-hydroxylation sites is 1. The van der Waals surface area contributed by atoms with Crippen LogP contribution in [-0.4, -0.2) is 27.5 Å². The lowest BCUT2D eigenvalue weighted by molar-refractivity contribution is 0.174.